The molecule has 2 aromatic rings. The monoisotopic (exact) mass is 364 g/mol. The maximum absolute atomic E-state index is 13.0. The number of aryl methyl sites for hydroxylation is 1. The van der Waals surface area contributed by atoms with Crippen LogP contribution in [0.3, 0.4) is 0 Å². The lowest BCUT2D eigenvalue weighted by molar-refractivity contribution is 0.0740. The molecule has 2 aliphatic rings. The van der Waals surface area contributed by atoms with Crippen molar-refractivity contribution in [2.24, 2.45) is 0 Å². The number of carbonyl (C=O) groups excluding carboxylic acids is 1. The smallest absolute Gasteiger partial charge is 0.276 e. The molecule has 0 spiro atoms. The summed E-state index contributed by atoms with van der Waals surface area (Å²) in [4.78, 5) is 16.6. The third-order valence-corrected chi connectivity index (χ3v) is 4.91. The minimum absolute atomic E-state index is 0.172. The van der Waals surface area contributed by atoms with Gasteiger partial charge in [0.1, 0.15) is 10.8 Å². The summed E-state index contributed by atoms with van der Waals surface area (Å²) in [6, 6.07) is 6.40. The van der Waals surface area contributed by atoms with Crippen molar-refractivity contribution in [1.82, 2.24) is 14.7 Å². The number of anilines is 1. The van der Waals surface area contributed by atoms with E-state index in [2.05, 4.69) is 10.00 Å². The van der Waals surface area contributed by atoms with Gasteiger partial charge in [0, 0.05) is 44.8 Å². The molecule has 1 saturated heterocycles. The molecular weight excluding hydrogens is 347 g/mol. The molecule has 2 aliphatic heterocycles. The molecular formula is C17H18ClFN4O2. The quantitative estimate of drug-likeness (QED) is 0.821. The zero-order valence-corrected chi connectivity index (χ0v) is 14.4. The second-order valence-corrected chi connectivity index (χ2v) is 6.53. The molecule has 0 unspecified atom stereocenters. The Bertz CT molecular complexity index is 785. The SMILES string of the molecule is O=C(c1nn2c(c1Cl)OCCC2)N1CCN(c2ccc(F)cc2)CC1. The minimum atomic E-state index is -0.252. The Morgan fingerprint density at radius 2 is 1.84 bits per heavy atom. The maximum atomic E-state index is 13.0. The first kappa shape index (κ1) is 16.2. The predicted octanol–water partition coefficient (Wildman–Crippen LogP) is 2.42. The number of fused-ring (bicyclic) bond motifs is 1. The normalized spacial score (nSPS) is 17.2. The van der Waals surface area contributed by atoms with Gasteiger partial charge in [0.2, 0.25) is 5.88 Å². The first-order chi connectivity index (χ1) is 12.1. The molecule has 0 atom stereocenters. The standard InChI is InChI=1S/C17H18ClFN4O2/c18-14-15(20-23-6-1-11-25-17(14)23)16(24)22-9-7-21(8-10-22)13-4-2-12(19)3-5-13/h2-5H,1,6-11H2. The molecule has 1 aromatic carbocycles. The first-order valence-electron chi connectivity index (χ1n) is 8.32. The molecule has 3 heterocycles. The lowest BCUT2D eigenvalue weighted by Gasteiger charge is -2.35. The van der Waals surface area contributed by atoms with Crippen molar-refractivity contribution < 1.29 is 13.9 Å². The highest BCUT2D eigenvalue weighted by Crippen LogP contribution is 2.31. The highest BCUT2D eigenvalue weighted by atomic mass is 35.5. The Hall–Kier alpha value is -2.28. The lowest BCUT2D eigenvalue weighted by Crippen LogP contribution is -2.49. The molecule has 25 heavy (non-hydrogen) atoms. The Morgan fingerprint density at radius 1 is 1.12 bits per heavy atom. The largest absolute Gasteiger partial charge is 0.477 e. The number of ether oxygens (including phenoxy) is 1. The molecule has 0 radical (unpaired) electrons. The van der Waals surface area contributed by atoms with E-state index in [-0.39, 0.29) is 17.4 Å². The Kier molecular flexibility index (Phi) is 4.25. The fourth-order valence-electron chi connectivity index (χ4n) is 3.20. The van der Waals surface area contributed by atoms with E-state index >= 15 is 0 Å². The van der Waals surface area contributed by atoms with Crippen molar-refractivity contribution in [2.75, 3.05) is 37.7 Å². The number of nitrogens with zero attached hydrogens (tertiary/aromatic N) is 4. The summed E-state index contributed by atoms with van der Waals surface area (Å²) < 4.78 is 20.2. The molecule has 6 nitrogen and oxygen atoms in total. The third-order valence-electron chi connectivity index (χ3n) is 4.57. The number of benzene rings is 1. The van der Waals surface area contributed by atoms with Gasteiger partial charge in [-0.15, -0.1) is 0 Å². The van der Waals surface area contributed by atoms with E-state index in [9.17, 15) is 9.18 Å². The number of halogens is 2. The molecule has 4 rings (SSSR count). The van der Waals surface area contributed by atoms with Crippen LogP contribution in [0.1, 0.15) is 16.9 Å². The van der Waals surface area contributed by atoms with Crippen molar-refractivity contribution in [3.8, 4) is 5.88 Å². The third kappa shape index (κ3) is 3.04. The summed E-state index contributed by atoms with van der Waals surface area (Å²) in [6.45, 7) is 3.79. The van der Waals surface area contributed by atoms with E-state index in [0.29, 0.717) is 50.2 Å². The highest BCUT2D eigenvalue weighted by Gasteiger charge is 2.30. The zero-order valence-electron chi connectivity index (χ0n) is 13.6. The number of aromatic nitrogens is 2. The minimum Gasteiger partial charge on any atom is -0.477 e. The van der Waals surface area contributed by atoms with Crippen LogP contribution in [-0.2, 0) is 6.54 Å². The molecule has 1 amide bonds. The van der Waals surface area contributed by atoms with Gasteiger partial charge < -0.3 is 14.5 Å². The lowest BCUT2D eigenvalue weighted by atomic mass is 10.2. The molecule has 1 aromatic heterocycles. The molecule has 0 saturated carbocycles. The number of piperazine rings is 1. The van der Waals surface area contributed by atoms with Crippen molar-refractivity contribution in [2.45, 2.75) is 13.0 Å². The summed E-state index contributed by atoms with van der Waals surface area (Å²) in [5.41, 5.74) is 1.21. The van der Waals surface area contributed by atoms with Gasteiger partial charge in [-0.25, -0.2) is 9.07 Å². The van der Waals surface area contributed by atoms with E-state index < -0.39 is 0 Å². The van der Waals surface area contributed by atoms with Crippen LogP contribution in [0.15, 0.2) is 24.3 Å². The first-order valence-corrected chi connectivity index (χ1v) is 8.70. The number of hydrogen-bond acceptors (Lipinski definition) is 4. The van der Waals surface area contributed by atoms with Gasteiger partial charge in [-0.2, -0.15) is 5.10 Å². The average molecular weight is 365 g/mol. The van der Waals surface area contributed by atoms with Gasteiger partial charge in [-0.1, -0.05) is 11.6 Å². The molecule has 0 N–H and O–H groups in total. The molecule has 0 aliphatic carbocycles. The van der Waals surface area contributed by atoms with Crippen molar-refractivity contribution in [1.29, 1.82) is 0 Å². The number of amides is 1. The van der Waals surface area contributed by atoms with Gasteiger partial charge in [0.05, 0.1) is 6.61 Å². The molecule has 132 valence electrons. The van der Waals surface area contributed by atoms with Crippen LogP contribution in [-0.4, -0.2) is 53.4 Å². The van der Waals surface area contributed by atoms with Crippen molar-refractivity contribution in [3.63, 3.8) is 0 Å². The molecule has 1 fully saturated rings. The van der Waals surface area contributed by atoms with Gasteiger partial charge in [0.15, 0.2) is 5.69 Å². The molecule has 0 bridgehead atoms. The van der Waals surface area contributed by atoms with Crippen LogP contribution >= 0.6 is 11.6 Å². The summed E-state index contributed by atoms with van der Waals surface area (Å²) in [5, 5.41) is 4.62. The number of rotatable bonds is 2. The fourth-order valence-corrected chi connectivity index (χ4v) is 3.47. The van der Waals surface area contributed by atoms with Crippen LogP contribution in [0.4, 0.5) is 10.1 Å². The van der Waals surface area contributed by atoms with Gasteiger partial charge in [0.25, 0.3) is 5.91 Å². The Labute approximate surface area is 149 Å². The summed E-state index contributed by atoms with van der Waals surface area (Å²) in [7, 11) is 0. The molecule has 8 heteroatoms. The topological polar surface area (TPSA) is 50.6 Å². The number of hydrogen-bond donors (Lipinski definition) is 0. The van der Waals surface area contributed by atoms with E-state index in [0.717, 1.165) is 12.1 Å². The van der Waals surface area contributed by atoms with E-state index in [4.69, 9.17) is 16.3 Å². The van der Waals surface area contributed by atoms with Crippen molar-refractivity contribution >= 4 is 23.2 Å². The van der Waals surface area contributed by atoms with Gasteiger partial charge in [-0.3, -0.25) is 4.79 Å². The predicted molar refractivity (Wildman–Crippen MR) is 91.9 cm³/mol. The van der Waals surface area contributed by atoms with E-state index in [1.807, 2.05) is 0 Å². The Balaban J connectivity index is 1.45. The summed E-state index contributed by atoms with van der Waals surface area (Å²) in [5.74, 6) is 0.0636. The van der Waals surface area contributed by atoms with Crippen LogP contribution in [0.5, 0.6) is 5.88 Å². The van der Waals surface area contributed by atoms with Crippen LogP contribution < -0.4 is 9.64 Å². The fraction of sp³-hybridized carbons (Fsp3) is 0.412. The second kappa shape index (κ2) is 6.55. The summed E-state index contributed by atoms with van der Waals surface area (Å²) in [6.07, 6.45) is 0.856. The van der Waals surface area contributed by atoms with Crippen molar-refractivity contribution in [3.05, 3.63) is 40.8 Å². The number of carbonyl (C=O) groups is 1. The zero-order chi connectivity index (χ0) is 17.4. The summed E-state index contributed by atoms with van der Waals surface area (Å²) >= 11 is 6.29. The Morgan fingerprint density at radius 3 is 2.52 bits per heavy atom. The van der Waals surface area contributed by atoms with Crippen LogP contribution in [0.2, 0.25) is 5.02 Å². The van der Waals surface area contributed by atoms with Gasteiger partial charge >= 0.3 is 0 Å². The van der Waals surface area contributed by atoms with Crippen LogP contribution in [0, 0.1) is 5.82 Å². The maximum Gasteiger partial charge on any atom is 0.276 e. The average Bonchev–Trinajstić information content (AvgIpc) is 2.99. The van der Waals surface area contributed by atoms with E-state index in [1.54, 1.807) is 21.7 Å². The van der Waals surface area contributed by atoms with Gasteiger partial charge in [-0.05, 0) is 24.3 Å². The highest BCUT2D eigenvalue weighted by molar-refractivity contribution is 6.34. The second-order valence-electron chi connectivity index (χ2n) is 6.15. The van der Waals surface area contributed by atoms with E-state index in [1.165, 1.54) is 12.1 Å². The van der Waals surface area contributed by atoms with Crippen LogP contribution in [0.25, 0.3) is 0 Å².